The third-order valence-corrected chi connectivity index (χ3v) is 4.69. The van der Waals surface area contributed by atoms with Gasteiger partial charge in [0.05, 0.1) is 11.4 Å². The molecule has 0 amide bonds. The molecule has 0 radical (unpaired) electrons. The van der Waals surface area contributed by atoms with Crippen LogP contribution in [0.5, 0.6) is 0 Å². The Morgan fingerprint density at radius 3 is 2.58 bits per heavy atom. The third-order valence-electron chi connectivity index (χ3n) is 2.34. The van der Waals surface area contributed by atoms with E-state index < -0.39 is 27.3 Å². The summed E-state index contributed by atoms with van der Waals surface area (Å²) >= 11 is 1.22. The van der Waals surface area contributed by atoms with E-state index in [1.54, 1.807) is 17.5 Å². The third kappa shape index (κ3) is 3.25. The van der Waals surface area contributed by atoms with Crippen LogP contribution in [-0.2, 0) is 10.0 Å². The Morgan fingerprint density at radius 1 is 1.21 bits per heavy atom. The zero-order chi connectivity index (χ0) is 13.9. The molecule has 1 aromatic heterocycles. The molecule has 0 bridgehead atoms. The molecule has 7 heteroatoms. The number of hydrogen-bond acceptors (Lipinski definition) is 4. The summed E-state index contributed by atoms with van der Waals surface area (Å²) in [5, 5.41) is 1.72. The van der Waals surface area contributed by atoms with E-state index in [4.69, 9.17) is 0 Å². The Bertz CT molecular complexity index is 681. The van der Waals surface area contributed by atoms with Crippen LogP contribution in [0, 0.1) is 5.82 Å². The first-order chi connectivity index (χ1) is 9.00. The van der Waals surface area contributed by atoms with Gasteiger partial charge in [0, 0.05) is 0 Å². The summed E-state index contributed by atoms with van der Waals surface area (Å²) < 4.78 is 39.1. The molecule has 2 rings (SSSR count). The van der Waals surface area contributed by atoms with E-state index >= 15 is 0 Å². The van der Waals surface area contributed by atoms with Crippen molar-refractivity contribution in [3.05, 3.63) is 52.5 Å². The van der Waals surface area contributed by atoms with E-state index in [1.807, 2.05) is 0 Å². The molecule has 1 N–H and O–H groups in total. The second-order valence-electron chi connectivity index (χ2n) is 3.66. The van der Waals surface area contributed by atoms with Gasteiger partial charge in [-0.1, -0.05) is 18.2 Å². The Kier molecular flexibility index (Phi) is 4.08. The second-order valence-corrected chi connectivity index (χ2v) is 6.34. The van der Waals surface area contributed by atoms with Crippen molar-refractivity contribution in [2.75, 3.05) is 6.54 Å². The van der Waals surface area contributed by atoms with E-state index in [0.717, 1.165) is 12.1 Å². The van der Waals surface area contributed by atoms with E-state index in [9.17, 15) is 17.6 Å². The number of Topliss-reactive ketones (excluding diaryl/α,β-unsaturated/α-hetero) is 1. The maximum absolute atomic E-state index is 13.4. The van der Waals surface area contributed by atoms with Gasteiger partial charge in [-0.05, 0) is 23.6 Å². The Morgan fingerprint density at radius 2 is 1.95 bits per heavy atom. The van der Waals surface area contributed by atoms with Crippen molar-refractivity contribution in [1.29, 1.82) is 0 Å². The minimum atomic E-state index is -4.02. The highest BCUT2D eigenvalue weighted by Gasteiger charge is 2.19. The van der Waals surface area contributed by atoms with E-state index in [-0.39, 0.29) is 5.78 Å². The van der Waals surface area contributed by atoms with Crippen LogP contribution in [-0.4, -0.2) is 20.7 Å². The lowest BCUT2D eigenvalue weighted by molar-refractivity contribution is 0.100. The van der Waals surface area contributed by atoms with Gasteiger partial charge in [0.15, 0.2) is 5.78 Å². The number of sulfonamides is 1. The van der Waals surface area contributed by atoms with Crippen molar-refractivity contribution >= 4 is 27.1 Å². The van der Waals surface area contributed by atoms with Gasteiger partial charge in [0.2, 0.25) is 10.0 Å². The number of carbonyl (C=O) groups is 1. The summed E-state index contributed by atoms with van der Waals surface area (Å²) in [7, 11) is -4.02. The first-order valence-electron chi connectivity index (χ1n) is 5.31. The molecule has 1 heterocycles. The number of hydrogen-bond donors (Lipinski definition) is 1. The van der Waals surface area contributed by atoms with Crippen LogP contribution in [0.4, 0.5) is 4.39 Å². The van der Waals surface area contributed by atoms with Gasteiger partial charge < -0.3 is 0 Å². The summed E-state index contributed by atoms with van der Waals surface area (Å²) in [5.74, 6) is -1.20. The molecule has 0 saturated heterocycles. The van der Waals surface area contributed by atoms with Crippen molar-refractivity contribution in [2.24, 2.45) is 0 Å². The average Bonchev–Trinajstić information content (AvgIpc) is 2.90. The first-order valence-corrected chi connectivity index (χ1v) is 7.68. The molecule has 0 aliphatic carbocycles. The SMILES string of the molecule is O=C(CNS(=O)(=O)c1ccccc1F)c1cccs1. The molecule has 0 aliphatic heterocycles. The molecule has 0 saturated carbocycles. The number of benzene rings is 1. The normalized spacial score (nSPS) is 11.4. The van der Waals surface area contributed by atoms with Gasteiger partial charge in [-0.25, -0.2) is 17.5 Å². The first kappa shape index (κ1) is 13.9. The standard InChI is InChI=1S/C12H10FNO3S2/c13-9-4-1-2-6-12(9)19(16,17)14-8-10(15)11-5-3-7-18-11/h1-7,14H,8H2. The summed E-state index contributed by atoms with van der Waals surface area (Å²) in [5.41, 5.74) is 0. The highest BCUT2D eigenvalue weighted by molar-refractivity contribution is 7.89. The van der Waals surface area contributed by atoms with Crippen molar-refractivity contribution in [3.8, 4) is 0 Å². The minimum Gasteiger partial charge on any atom is -0.292 e. The van der Waals surface area contributed by atoms with Gasteiger partial charge in [-0.2, -0.15) is 0 Å². The van der Waals surface area contributed by atoms with Crippen LogP contribution >= 0.6 is 11.3 Å². The molecule has 0 unspecified atom stereocenters. The van der Waals surface area contributed by atoms with Crippen molar-refractivity contribution < 1.29 is 17.6 Å². The molecule has 4 nitrogen and oxygen atoms in total. The van der Waals surface area contributed by atoms with Crippen LogP contribution in [0.25, 0.3) is 0 Å². The van der Waals surface area contributed by atoms with Crippen LogP contribution in [0.1, 0.15) is 9.67 Å². The number of nitrogens with one attached hydrogen (secondary N) is 1. The molecule has 0 aliphatic rings. The fourth-order valence-electron chi connectivity index (χ4n) is 1.43. The van der Waals surface area contributed by atoms with Gasteiger partial charge >= 0.3 is 0 Å². The molecular weight excluding hydrogens is 289 g/mol. The van der Waals surface area contributed by atoms with Gasteiger partial charge in [0.1, 0.15) is 10.7 Å². The van der Waals surface area contributed by atoms with Crippen molar-refractivity contribution in [1.82, 2.24) is 4.72 Å². The number of carbonyl (C=O) groups excluding carboxylic acids is 1. The lowest BCUT2D eigenvalue weighted by Gasteiger charge is -2.06. The molecule has 100 valence electrons. The van der Waals surface area contributed by atoms with Crippen molar-refractivity contribution in [2.45, 2.75) is 4.90 Å². The summed E-state index contributed by atoms with van der Waals surface area (Å²) in [6.45, 7) is -0.392. The zero-order valence-corrected chi connectivity index (χ0v) is 11.3. The lowest BCUT2D eigenvalue weighted by Crippen LogP contribution is -2.30. The van der Waals surface area contributed by atoms with Crippen LogP contribution in [0.2, 0.25) is 0 Å². The van der Waals surface area contributed by atoms with Gasteiger partial charge in [-0.3, -0.25) is 4.79 Å². The number of rotatable bonds is 5. The highest BCUT2D eigenvalue weighted by Crippen LogP contribution is 2.13. The predicted octanol–water partition coefficient (Wildman–Crippen LogP) is 2.05. The molecule has 0 atom stereocenters. The number of halogens is 1. The molecule has 0 fully saturated rings. The van der Waals surface area contributed by atoms with Crippen LogP contribution in [0.15, 0.2) is 46.7 Å². The molecule has 1 aromatic carbocycles. The largest absolute Gasteiger partial charge is 0.292 e. The highest BCUT2D eigenvalue weighted by atomic mass is 32.2. The van der Waals surface area contributed by atoms with Crippen LogP contribution < -0.4 is 4.72 Å². The van der Waals surface area contributed by atoms with Gasteiger partial charge in [0.25, 0.3) is 0 Å². The molecule has 2 aromatic rings. The molecule has 0 spiro atoms. The smallest absolute Gasteiger partial charge is 0.243 e. The summed E-state index contributed by atoms with van der Waals surface area (Å²) in [6, 6.07) is 8.31. The summed E-state index contributed by atoms with van der Waals surface area (Å²) in [6.07, 6.45) is 0. The zero-order valence-electron chi connectivity index (χ0n) is 9.67. The lowest BCUT2D eigenvalue weighted by atomic mass is 10.3. The number of thiophene rings is 1. The van der Waals surface area contributed by atoms with E-state index in [1.165, 1.54) is 23.5 Å². The quantitative estimate of drug-likeness (QED) is 0.859. The maximum Gasteiger partial charge on any atom is 0.243 e. The van der Waals surface area contributed by atoms with Crippen molar-refractivity contribution in [3.63, 3.8) is 0 Å². The minimum absolute atomic E-state index is 0.352. The molecular formula is C12H10FNO3S2. The second kappa shape index (κ2) is 5.60. The monoisotopic (exact) mass is 299 g/mol. The van der Waals surface area contributed by atoms with E-state index in [0.29, 0.717) is 4.88 Å². The topological polar surface area (TPSA) is 63.2 Å². The fraction of sp³-hybridized carbons (Fsp3) is 0.0833. The Balaban J connectivity index is 2.11. The molecule has 19 heavy (non-hydrogen) atoms. The Labute approximate surface area is 113 Å². The van der Waals surface area contributed by atoms with Gasteiger partial charge in [-0.15, -0.1) is 11.3 Å². The number of ketones is 1. The maximum atomic E-state index is 13.4. The summed E-state index contributed by atoms with van der Waals surface area (Å²) in [4.78, 5) is 11.6. The Hall–Kier alpha value is -1.57. The predicted molar refractivity (Wildman–Crippen MR) is 70.2 cm³/mol. The van der Waals surface area contributed by atoms with Crippen LogP contribution in [0.3, 0.4) is 0 Å². The average molecular weight is 299 g/mol. The fourth-order valence-corrected chi connectivity index (χ4v) is 3.15. The van der Waals surface area contributed by atoms with E-state index in [2.05, 4.69) is 4.72 Å².